The number of fused-ring (bicyclic) bond motifs is 1. The first-order valence-electron chi connectivity index (χ1n) is 7.13. The molecule has 21 heavy (non-hydrogen) atoms. The summed E-state index contributed by atoms with van der Waals surface area (Å²) in [6, 6.07) is 18.5. The van der Waals surface area contributed by atoms with Crippen molar-refractivity contribution in [3.05, 3.63) is 70.9 Å². The Morgan fingerprint density at radius 2 is 1.67 bits per heavy atom. The Balaban J connectivity index is 1.75. The zero-order chi connectivity index (χ0) is 14.8. The first-order valence-corrected chi connectivity index (χ1v) is 7.51. The summed E-state index contributed by atoms with van der Waals surface area (Å²) in [5.41, 5.74) is 2.14. The van der Waals surface area contributed by atoms with Crippen LogP contribution in [0.2, 0.25) is 5.02 Å². The van der Waals surface area contributed by atoms with E-state index in [1.165, 1.54) is 5.56 Å². The van der Waals surface area contributed by atoms with Gasteiger partial charge >= 0.3 is 0 Å². The largest absolute Gasteiger partial charge is 0.459 e. The number of furan rings is 1. The molecule has 3 aromatic rings. The van der Waals surface area contributed by atoms with Crippen LogP contribution in [0, 0.1) is 0 Å². The van der Waals surface area contributed by atoms with Crippen molar-refractivity contribution in [2.45, 2.75) is 25.9 Å². The summed E-state index contributed by atoms with van der Waals surface area (Å²) in [4.78, 5) is 0. The van der Waals surface area contributed by atoms with Gasteiger partial charge in [-0.1, -0.05) is 41.9 Å². The van der Waals surface area contributed by atoms with Crippen LogP contribution in [-0.4, -0.2) is 0 Å². The van der Waals surface area contributed by atoms with Crippen molar-refractivity contribution in [1.82, 2.24) is 5.32 Å². The highest BCUT2D eigenvalue weighted by Crippen LogP contribution is 2.26. The Bertz CT molecular complexity index is 699. The molecule has 3 heteroatoms. The molecule has 0 spiro atoms. The van der Waals surface area contributed by atoms with Gasteiger partial charge in [0.05, 0.1) is 6.04 Å². The van der Waals surface area contributed by atoms with Gasteiger partial charge in [-0.2, -0.15) is 0 Å². The molecule has 0 aliphatic carbocycles. The number of rotatable bonds is 4. The molecule has 0 aliphatic rings. The molecule has 1 unspecified atom stereocenters. The van der Waals surface area contributed by atoms with Crippen LogP contribution >= 0.6 is 11.6 Å². The Labute approximate surface area is 129 Å². The number of halogens is 1. The molecule has 2 nitrogen and oxygen atoms in total. The van der Waals surface area contributed by atoms with Gasteiger partial charge in [-0.05, 0) is 43.7 Å². The van der Waals surface area contributed by atoms with Crippen LogP contribution in [0.25, 0.3) is 11.0 Å². The average molecular weight is 300 g/mol. The van der Waals surface area contributed by atoms with Crippen LogP contribution in [0.1, 0.15) is 37.3 Å². The summed E-state index contributed by atoms with van der Waals surface area (Å²) < 4.78 is 5.90. The van der Waals surface area contributed by atoms with Crippen molar-refractivity contribution in [3.63, 3.8) is 0 Å². The highest BCUT2D eigenvalue weighted by Gasteiger charge is 2.14. The van der Waals surface area contributed by atoms with Crippen molar-refractivity contribution >= 4 is 22.6 Å². The van der Waals surface area contributed by atoms with E-state index in [1.807, 2.05) is 42.5 Å². The lowest BCUT2D eigenvalue weighted by atomic mass is 10.1. The molecular weight excluding hydrogens is 282 g/mol. The van der Waals surface area contributed by atoms with Crippen molar-refractivity contribution in [1.29, 1.82) is 0 Å². The molecule has 0 bridgehead atoms. The van der Waals surface area contributed by atoms with E-state index in [2.05, 4.69) is 31.3 Å². The molecule has 2 aromatic carbocycles. The summed E-state index contributed by atoms with van der Waals surface area (Å²) in [7, 11) is 0. The highest BCUT2D eigenvalue weighted by atomic mass is 35.5. The monoisotopic (exact) mass is 299 g/mol. The maximum atomic E-state index is 5.93. The van der Waals surface area contributed by atoms with Gasteiger partial charge in [0.25, 0.3) is 0 Å². The Morgan fingerprint density at radius 3 is 2.38 bits per heavy atom. The molecule has 0 radical (unpaired) electrons. The highest BCUT2D eigenvalue weighted by molar-refractivity contribution is 6.30. The van der Waals surface area contributed by atoms with Crippen LogP contribution in [0.5, 0.6) is 0 Å². The fourth-order valence-corrected chi connectivity index (χ4v) is 2.65. The Hall–Kier alpha value is -1.77. The topological polar surface area (TPSA) is 25.2 Å². The van der Waals surface area contributed by atoms with E-state index >= 15 is 0 Å². The van der Waals surface area contributed by atoms with Crippen molar-refractivity contribution in [3.8, 4) is 0 Å². The number of para-hydroxylation sites is 1. The summed E-state index contributed by atoms with van der Waals surface area (Å²) in [5, 5.41) is 5.46. The van der Waals surface area contributed by atoms with Crippen molar-refractivity contribution < 1.29 is 4.42 Å². The maximum Gasteiger partial charge on any atom is 0.134 e. The van der Waals surface area contributed by atoms with Crippen LogP contribution < -0.4 is 5.32 Å². The average Bonchev–Trinajstić information content (AvgIpc) is 2.92. The summed E-state index contributed by atoms with van der Waals surface area (Å²) in [5.74, 6) is 0.956. The van der Waals surface area contributed by atoms with E-state index in [-0.39, 0.29) is 12.1 Å². The lowest BCUT2D eigenvalue weighted by Gasteiger charge is -2.19. The van der Waals surface area contributed by atoms with Crippen LogP contribution in [0.15, 0.2) is 59.0 Å². The van der Waals surface area contributed by atoms with Crippen molar-refractivity contribution in [2.24, 2.45) is 0 Å². The van der Waals surface area contributed by atoms with Gasteiger partial charge in [0.15, 0.2) is 0 Å². The van der Waals surface area contributed by atoms with Gasteiger partial charge in [0.2, 0.25) is 0 Å². The minimum atomic E-state index is 0.142. The van der Waals surface area contributed by atoms with E-state index in [4.69, 9.17) is 16.0 Å². The van der Waals surface area contributed by atoms with Crippen LogP contribution in [0.4, 0.5) is 0 Å². The number of hydrogen-bond acceptors (Lipinski definition) is 2. The van der Waals surface area contributed by atoms with Gasteiger partial charge in [0.1, 0.15) is 11.3 Å². The SMILES string of the molecule is CC(N[C@@H](C)c1ccc(Cl)cc1)c1cc2ccccc2o1. The molecule has 0 amide bonds. The van der Waals surface area contributed by atoms with E-state index in [0.29, 0.717) is 0 Å². The molecule has 108 valence electrons. The van der Waals surface area contributed by atoms with E-state index in [9.17, 15) is 0 Å². The first-order chi connectivity index (χ1) is 10.1. The predicted octanol–water partition coefficient (Wildman–Crippen LogP) is 5.50. The third kappa shape index (κ3) is 3.12. The first kappa shape index (κ1) is 14.2. The predicted molar refractivity (Wildman–Crippen MR) is 87.6 cm³/mol. The van der Waals surface area contributed by atoms with Gasteiger partial charge in [-0.25, -0.2) is 0 Å². The van der Waals surface area contributed by atoms with Crippen LogP contribution in [-0.2, 0) is 0 Å². The number of nitrogens with one attached hydrogen (secondary N) is 1. The fraction of sp³-hybridized carbons (Fsp3) is 0.222. The minimum Gasteiger partial charge on any atom is -0.459 e. The van der Waals surface area contributed by atoms with Crippen LogP contribution in [0.3, 0.4) is 0 Å². The molecular formula is C18H18ClNO. The lowest BCUT2D eigenvalue weighted by molar-refractivity contribution is 0.417. The Kier molecular flexibility index (Phi) is 4.00. The molecule has 0 saturated carbocycles. The summed E-state index contributed by atoms with van der Waals surface area (Å²) >= 11 is 5.93. The summed E-state index contributed by atoms with van der Waals surface area (Å²) in [6.45, 7) is 4.26. The van der Waals surface area contributed by atoms with E-state index < -0.39 is 0 Å². The fourth-order valence-electron chi connectivity index (χ4n) is 2.52. The molecule has 1 heterocycles. The Morgan fingerprint density at radius 1 is 0.952 bits per heavy atom. The van der Waals surface area contributed by atoms with E-state index in [1.54, 1.807) is 0 Å². The number of hydrogen-bond donors (Lipinski definition) is 1. The molecule has 0 saturated heterocycles. The quantitative estimate of drug-likeness (QED) is 0.688. The second-order valence-corrected chi connectivity index (χ2v) is 5.78. The van der Waals surface area contributed by atoms with Gasteiger partial charge < -0.3 is 9.73 Å². The standard InChI is InChI=1S/C18H18ClNO/c1-12(14-7-9-16(19)10-8-14)20-13(2)18-11-15-5-3-4-6-17(15)21-18/h3-13,20H,1-2H3/t12-,13?/m0/s1. The molecule has 1 aromatic heterocycles. The van der Waals surface area contributed by atoms with E-state index in [0.717, 1.165) is 21.8 Å². The molecule has 0 aliphatic heterocycles. The maximum absolute atomic E-state index is 5.93. The van der Waals surface area contributed by atoms with Crippen molar-refractivity contribution in [2.75, 3.05) is 0 Å². The zero-order valence-corrected chi connectivity index (χ0v) is 12.9. The third-order valence-electron chi connectivity index (χ3n) is 3.74. The third-order valence-corrected chi connectivity index (χ3v) is 3.99. The van der Waals surface area contributed by atoms with Gasteiger partial charge in [-0.15, -0.1) is 0 Å². The lowest BCUT2D eigenvalue weighted by Crippen LogP contribution is -2.22. The minimum absolute atomic E-state index is 0.142. The molecule has 2 atom stereocenters. The smallest absolute Gasteiger partial charge is 0.134 e. The molecule has 3 rings (SSSR count). The van der Waals surface area contributed by atoms with Gasteiger partial charge in [-0.3, -0.25) is 0 Å². The number of benzene rings is 2. The molecule has 1 N–H and O–H groups in total. The second kappa shape index (κ2) is 5.92. The molecule has 0 fully saturated rings. The zero-order valence-electron chi connectivity index (χ0n) is 12.1. The normalized spacial score (nSPS) is 14.2. The summed E-state index contributed by atoms with van der Waals surface area (Å²) in [6.07, 6.45) is 0. The van der Waals surface area contributed by atoms with Gasteiger partial charge in [0, 0.05) is 16.5 Å². The second-order valence-electron chi connectivity index (χ2n) is 5.35.